The minimum atomic E-state index is -0.203. The predicted octanol–water partition coefficient (Wildman–Crippen LogP) is 1.99. The minimum absolute atomic E-state index is 0.0625. The van der Waals surface area contributed by atoms with Crippen LogP contribution in [0.4, 0.5) is 0 Å². The Bertz CT molecular complexity index is 599. The molecule has 0 aliphatic heterocycles. The topological polar surface area (TPSA) is 116 Å². The van der Waals surface area contributed by atoms with Crippen LogP contribution in [0.3, 0.4) is 0 Å². The molecule has 1 aromatic heterocycles. The van der Waals surface area contributed by atoms with Crippen LogP contribution in [-0.2, 0) is 0 Å². The molecule has 1 unspecified atom stereocenters. The fourth-order valence-corrected chi connectivity index (χ4v) is 2.12. The highest BCUT2D eigenvalue weighted by Gasteiger charge is 2.15. The lowest BCUT2D eigenvalue weighted by Gasteiger charge is -2.13. The number of H-pyrrole nitrogens is 1. The van der Waals surface area contributed by atoms with Crippen molar-refractivity contribution in [3.05, 3.63) is 42.4 Å². The number of hydrogen-bond donors (Lipinski definition) is 5. The normalized spacial score (nSPS) is 12.4. The Kier molecular flexibility index (Phi) is 3.85. The van der Waals surface area contributed by atoms with Crippen molar-refractivity contribution in [2.75, 3.05) is 0 Å². The van der Waals surface area contributed by atoms with Gasteiger partial charge in [-0.2, -0.15) is 0 Å². The summed E-state index contributed by atoms with van der Waals surface area (Å²) in [6.45, 7) is 0. The van der Waals surface area contributed by atoms with E-state index in [1.165, 1.54) is 0 Å². The molecule has 1 heterocycles. The van der Waals surface area contributed by atoms with Gasteiger partial charge in [0.05, 0.1) is 11.7 Å². The molecule has 1 atom stereocenters. The molecule has 0 amide bonds. The summed E-state index contributed by atoms with van der Waals surface area (Å²) in [5.74, 6) is -0.0648. The summed E-state index contributed by atoms with van der Waals surface area (Å²) < 4.78 is 0. The maximum Gasteiger partial charge on any atom is 0.0941 e. The molecule has 0 fully saturated rings. The minimum Gasteiger partial charge on any atom is -0.388 e. The van der Waals surface area contributed by atoms with Crippen LogP contribution >= 0.6 is 0 Å². The number of benzene rings is 1. The molecule has 7 N–H and O–H groups in total. The molecule has 2 rings (SSSR count). The molecule has 0 bridgehead atoms. The van der Waals surface area contributed by atoms with Crippen molar-refractivity contribution in [3.8, 4) is 0 Å². The van der Waals surface area contributed by atoms with Gasteiger partial charge in [0.15, 0.2) is 0 Å². The van der Waals surface area contributed by atoms with Crippen molar-refractivity contribution in [3.63, 3.8) is 0 Å². The maximum atomic E-state index is 7.53. The molecule has 1 aromatic carbocycles. The van der Waals surface area contributed by atoms with Crippen LogP contribution in [0.5, 0.6) is 0 Å². The second kappa shape index (κ2) is 5.56. The summed E-state index contributed by atoms with van der Waals surface area (Å²) in [7, 11) is 0. The number of nitrogens with one attached hydrogen (secondary N) is 3. The zero-order valence-electron chi connectivity index (χ0n) is 10.6. The number of amidine groups is 2. The molecule has 0 spiro atoms. The second-order valence-corrected chi connectivity index (χ2v) is 4.61. The lowest BCUT2D eigenvalue weighted by atomic mass is 9.95. The van der Waals surface area contributed by atoms with Gasteiger partial charge >= 0.3 is 0 Å². The summed E-state index contributed by atoms with van der Waals surface area (Å²) in [6.07, 6.45) is 4.91. The Balaban J connectivity index is 2.08. The smallest absolute Gasteiger partial charge is 0.0941 e. The summed E-state index contributed by atoms with van der Waals surface area (Å²) in [5, 5.41) is 16.0. The van der Waals surface area contributed by atoms with Crippen LogP contribution < -0.4 is 11.5 Å². The first kappa shape index (κ1) is 13.1. The highest BCUT2D eigenvalue weighted by Crippen LogP contribution is 2.22. The van der Waals surface area contributed by atoms with Gasteiger partial charge in [-0.25, -0.2) is 0 Å². The first-order valence-corrected chi connectivity index (χ1v) is 6.14. The van der Waals surface area contributed by atoms with E-state index < -0.39 is 0 Å². The lowest BCUT2D eigenvalue weighted by Crippen LogP contribution is -2.27. The quantitative estimate of drug-likeness (QED) is 0.401. The molecule has 1 radical (unpaired) electrons. The van der Waals surface area contributed by atoms with Gasteiger partial charge in [0.2, 0.25) is 0 Å². The Morgan fingerprint density at radius 3 is 2.68 bits per heavy atom. The molecular weight excluding hydrogens is 238 g/mol. The van der Waals surface area contributed by atoms with Crippen LogP contribution in [0.1, 0.15) is 18.4 Å². The molecule has 5 nitrogen and oxygen atoms in total. The maximum absolute atomic E-state index is 7.53. The van der Waals surface area contributed by atoms with E-state index in [1.54, 1.807) is 0 Å². The lowest BCUT2D eigenvalue weighted by molar-refractivity contribution is 0.699. The zero-order valence-corrected chi connectivity index (χ0v) is 10.6. The molecule has 2 aromatic rings. The van der Waals surface area contributed by atoms with E-state index in [1.807, 2.05) is 36.9 Å². The first-order valence-electron chi connectivity index (χ1n) is 6.14. The Morgan fingerprint density at radius 1 is 1.26 bits per heavy atom. The van der Waals surface area contributed by atoms with E-state index in [-0.39, 0.29) is 17.6 Å². The number of hydrogen-bond acceptors (Lipinski definition) is 2. The largest absolute Gasteiger partial charge is 0.388 e. The summed E-state index contributed by atoms with van der Waals surface area (Å²) >= 11 is 0. The molecule has 0 aliphatic rings. The van der Waals surface area contributed by atoms with Crippen molar-refractivity contribution in [2.45, 2.75) is 12.8 Å². The Morgan fingerprint density at radius 2 is 2.00 bits per heavy atom. The van der Waals surface area contributed by atoms with E-state index in [0.717, 1.165) is 16.5 Å². The standard InChI is InChI=1S/C14H18N5/c15-13(16)7-9(14(17)18)5-6-10-8-19-12-4-2-1-3-11(10)12/h1-4,6,8-9,19H,5,7H2,(H3,15,16)(H3,17,18). The van der Waals surface area contributed by atoms with E-state index in [9.17, 15) is 0 Å². The number of nitrogens with two attached hydrogens (primary N) is 2. The summed E-state index contributed by atoms with van der Waals surface area (Å²) in [5.41, 5.74) is 13.1. The molecule has 99 valence electrons. The van der Waals surface area contributed by atoms with Gasteiger partial charge in [0, 0.05) is 29.4 Å². The first-order chi connectivity index (χ1) is 9.08. The van der Waals surface area contributed by atoms with Gasteiger partial charge in [-0.05, 0) is 24.5 Å². The Labute approximate surface area is 112 Å². The summed E-state index contributed by atoms with van der Waals surface area (Å²) in [6, 6.07) is 8.04. The van der Waals surface area contributed by atoms with Gasteiger partial charge in [-0.15, -0.1) is 0 Å². The third-order valence-electron chi connectivity index (χ3n) is 3.15. The van der Waals surface area contributed by atoms with E-state index in [2.05, 4.69) is 4.98 Å². The van der Waals surface area contributed by atoms with Gasteiger partial charge < -0.3 is 16.5 Å². The van der Waals surface area contributed by atoms with Crippen molar-refractivity contribution in [1.82, 2.24) is 4.98 Å². The fourth-order valence-electron chi connectivity index (χ4n) is 2.12. The molecule has 0 aliphatic carbocycles. The molecule has 19 heavy (non-hydrogen) atoms. The number of rotatable bonds is 6. The monoisotopic (exact) mass is 256 g/mol. The second-order valence-electron chi connectivity index (χ2n) is 4.61. The highest BCUT2D eigenvalue weighted by molar-refractivity contribution is 5.87. The highest BCUT2D eigenvalue weighted by atomic mass is 14.7. The van der Waals surface area contributed by atoms with Crippen molar-refractivity contribution < 1.29 is 0 Å². The van der Waals surface area contributed by atoms with Gasteiger partial charge in [-0.3, -0.25) is 10.8 Å². The zero-order chi connectivity index (χ0) is 13.8. The molecule has 0 saturated carbocycles. The molecule has 5 heteroatoms. The van der Waals surface area contributed by atoms with Crippen molar-refractivity contribution in [2.24, 2.45) is 17.4 Å². The number of aromatic nitrogens is 1. The van der Waals surface area contributed by atoms with E-state index >= 15 is 0 Å². The van der Waals surface area contributed by atoms with Crippen LogP contribution in [-0.4, -0.2) is 16.7 Å². The van der Waals surface area contributed by atoms with Crippen molar-refractivity contribution >= 4 is 22.6 Å². The summed E-state index contributed by atoms with van der Waals surface area (Å²) in [4.78, 5) is 3.20. The third-order valence-corrected chi connectivity index (χ3v) is 3.15. The van der Waals surface area contributed by atoms with Crippen LogP contribution in [0.25, 0.3) is 10.9 Å². The fraction of sp³-hybridized carbons (Fsp3) is 0.214. The molecule has 0 saturated heterocycles. The van der Waals surface area contributed by atoms with E-state index in [0.29, 0.717) is 12.8 Å². The van der Waals surface area contributed by atoms with Gasteiger partial charge in [0.1, 0.15) is 0 Å². The third kappa shape index (κ3) is 3.13. The Hall–Kier alpha value is -2.30. The van der Waals surface area contributed by atoms with Crippen LogP contribution in [0.15, 0.2) is 30.5 Å². The number of aromatic amines is 1. The number of fused-ring (bicyclic) bond motifs is 1. The predicted molar refractivity (Wildman–Crippen MR) is 78.3 cm³/mol. The van der Waals surface area contributed by atoms with Crippen LogP contribution in [0.2, 0.25) is 0 Å². The van der Waals surface area contributed by atoms with Gasteiger partial charge in [0.25, 0.3) is 0 Å². The van der Waals surface area contributed by atoms with Crippen molar-refractivity contribution in [1.29, 1.82) is 10.8 Å². The van der Waals surface area contributed by atoms with Crippen LogP contribution in [0, 0.1) is 23.2 Å². The SMILES string of the molecule is N=C(N)CC(C[CH]c1c[nH]c2ccccc12)C(=N)N. The number of para-hydroxylation sites is 1. The van der Waals surface area contributed by atoms with Gasteiger partial charge in [-0.1, -0.05) is 18.2 Å². The average Bonchev–Trinajstić information content (AvgIpc) is 2.77. The molecular formula is C14H18N5. The average molecular weight is 256 g/mol. The van der Waals surface area contributed by atoms with E-state index in [4.69, 9.17) is 22.3 Å².